The van der Waals surface area contributed by atoms with Crippen LogP contribution in [0.2, 0.25) is 0 Å². The van der Waals surface area contributed by atoms with Gasteiger partial charge in [-0.25, -0.2) is 9.59 Å². The molecule has 0 saturated carbocycles. The molecule has 0 radical (unpaired) electrons. The van der Waals surface area contributed by atoms with Crippen LogP contribution in [0.3, 0.4) is 0 Å². The van der Waals surface area contributed by atoms with E-state index in [2.05, 4.69) is 37.5 Å². The third-order valence-corrected chi connectivity index (χ3v) is 4.03. The first-order chi connectivity index (χ1) is 12.9. The number of carbonyl (C=O) groups is 2. The zero-order valence-electron chi connectivity index (χ0n) is 15.8. The molecule has 0 aliphatic carbocycles. The molecule has 0 heterocycles. The lowest BCUT2D eigenvalue weighted by molar-refractivity contribution is -0.128. The number of carbonyl (C=O) groups excluding carboxylic acids is 2. The van der Waals surface area contributed by atoms with Gasteiger partial charge in [-0.1, -0.05) is 50.0 Å². The molecule has 0 saturated heterocycles. The van der Waals surface area contributed by atoms with Crippen molar-refractivity contribution in [1.82, 2.24) is 0 Å². The Morgan fingerprint density at radius 2 is 1.04 bits per heavy atom. The first-order valence-corrected chi connectivity index (χ1v) is 8.37. The maximum atomic E-state index is 11.4. The predicted octanol–water partition coefficient (Wildman–Crippen LogP) is 3.87. The van der Waals surface area contributed by atoms with Crippen LogP contribution in [-0.4, -0.2) is 11.9 Å². The lowest BCUT2D eigenvalue weighted by atomic mass is 9.78. The standard InChI is InChI=1S/C23H20O4/c1-5-7-21(24)26-19-13-9-17(10-14-19)23(3,4)18-11-15-20(16-12-18)27-22(25)8-6-2/h9-16H,1-4H3. The van der Waals surface area contributed by atoms with Crippen molar-refractivity contribution in [2.24, 2.45) is 0 Å². The van der Waals surface area contributed by atoms with Crippen molar-refractivity contribution < 1.29 is 19.1 Å². The van der Waals surface area contributed by atoms with Crippen LogP contribution in [0.5, 0.6) is 11.5 Å². The van der Waals surface area contributed by atoms with E-state index in [1.807, 2.05) is 24.3 Å². The number of ether oxygens (including phenoxy) is 2. The Morgan fingerprint density at radius 3 is 1.33 bits per heavy atom. The normalized spacial score (nSPS) is 9.93. The van der Waals surface area contributed by atoms with Gasteiger partial charge in [0.2, 0.25) is 0 Å². The molecule has 0 bridgehead atoms. The number of rotatable bonds is 4. The fraction of sp³-hybridized carbons (Fsp3) is 0.217. The molecule has 136 valence electrons. The SMILES string of the molecule is CC#CC(=O)Oc1ccc(C(C)(C)c2ccc(OC(=O)C#CC)cc2)cc1. The Labute approximate surface area is 159 Å². The van der Waals surface area contributed by atoms with Crippen LogP contribution in [0, 0.1) is 23.7 Å². The summed E-state index contributed by atoms with van der Waals surface area (Å²) in [6.07, 6.45) is 0. The highest BCUT2D eigenvalue weighted by Crippen LogP contribution is 2.33. The first-order valence-electron chi connectivity index (χ1n) is 8.37. The van der Waals surface area contributed by atoms with Gasteiger partial charge in [0, 0.05) is 17.3 Å². The summed E-state index contributed by atoms with van der Waals surface area (Å²) in [4.78, 5) is 22.9. The van der Waals surface area contributed by atoms with E-state index in [0.29, 0.717) is 11.5 Å². The van der Waals surface area contributed by atoms with Gasteiger partial charge in [0.15, 0.2) is 0 Å². The molecular weight excluding hydrogens is 340 g/mol. The number of hydrogen-bond donors (Lipinski definition) is 0. The summed E-state index contributed by atoms with van der Waals surface area (Å²) >= 11 is 0. The molecule has 4 heteroatoms. The van der Waals surface area contributed by atoms with E-state index in [0.717, 1.165) is 11.1 Å². The van der Waals surface area contributed by atoms with Gasteiger partial charge in [-0.3, -0.25) is 0 Å². The van der Waals surface area contributed by atoms with E-state index in [9.17, 15) is 9.59 Å². The quantitative estimate of drug-likeness (QED) is 0.359. The van der Waals surface area contributed by atoms with Crippen LogP contribution in [0.25, 0.3) is 0 Å². The maximum absolute atomic E-state index is 11.4. The third kappa shape index (κ3) is 5.23. The predicted molar refractivity (Wildman–Crippen MR) is 103 cm³/mol. The van der Waals surface area contributed by atoms with Gasteiger partial charge < -0.3 is 9.47 Å². The van der Waals surface area contributed by atoms with Crippen LogP contribution >= 0.6 is 0 Å². The molecule has 0 amide bonds. The van der Waals surface area contributed by atoms with Gasteiger partial charge >= 0.3 is 11.9 Å². The van der Waals surface area contributed by atoms with Gasteiger partial charge in [0.25, 0.3) is 0 Å². The first kappa shape index (κ1) is 19.8. The van der Waals surface area contributed by atoms with Gasteiger partial charge in [-0.2, -0.15) is 0 Å². The molecule has 2 aromatic rings. The smallest absolute Gasteiger partial charge is 0.389 e. The van der Waals surface area contributed by atoms with Gasteiger partial charge in [0.1, 0.15) is 11.5 Å². The lowest BCUT2D eigenvalue weighted by Crippen LogP contribution is -2.19. The van der Waals surface area contributed by atoms with Crippen molar-refractivity contribution in [3.63, 3.8) is 0 Å². The topological polar surface area (TPSA) is 52.6 Å². The van der Waals surface area contributed by atoms with Gasteiger partial charge in [-0.05, 0) is 49.2 Å². The number of esters is 2. The second-order valence-electron chi connectivity index (χ2n) is 6.20. The van der Waals surface area contributed by atoms with Crippen molar-refractivity contribution in [3.05, 3.63) is 59.7 Å². The van der Waals surface area contributed by atoms with E-state index >= 15 is 0 Å². The zero-order valence-corrected chi connectivity index (χ0v) is 15.8. The van der Waals surface area contributed by atoms with E-state index in [4.69, 9.17) is 9.47 Å². The summed E-state index contributed by atoms with van der Waals surface area (Å²) in [5.74, 6) is 9.41. The maximum Gasteiger partial charge on any atom is 0.389 e. The summed E-state index contributed by atoms with van der Waals surface area (Å²) in [7, 11) is 0. The Morgan fingerprint density at radius 1 is 0.704 bits per heavy atom. The molecule has 0 aromatic heterocycles. The minimum Gasteiger partial charge on any atom is -0.417 e. The number of hydrogen-bond acceptors (Lipinski definition) is 4. The fourth-order valence-corrected chi connectivity index (χ4v) is 2.52. The summed E-state index contributed by atoms with van der Waals surface area (Å²) in [5.41, 5.74) is 1.80. The second kappa shape index (κ2) is 8.74. The molecule has 0 aliphatic heterocycles. The molecule has 27 heavy (non-hydrogen) atoms. The Kier molecular flexibility index (Phi) is 6.41. The molecular formula is C23H20O4. The van der Waals surface area contributed by atoms with Crippen molar-refractivity contribution >= 4 is 11.9 Å². The minimum atomic E-state index is -0.581. The highest BCUT2D eigenvalue weighted by atomic mass is 16.5. The van der Waals surface area contributed by atoms with Crippen LogP contribution in [0.1, 0.15) is 38.8 Å². The zero-order chi connectivity index (χ0) is 19.9. The summed E-state index contributed by atoms with van der Waals surface area (Å²) in [6, 6.07) is 14.6. The van der Waals surface area contributed by atoms with Gasteiger partial charge in [0.05, 0.1) is 0 Å². The van der Waals surface area contributed by atoms with E-state index < -0.39 is 11.9 Å². The van der Waals surface area contributed by atoms with Crippen LogP contribution in [-0.2, 0) is 15.0 Å². The highest BCUT2D eigenvalue weighted by molar-refractivity contribution is 5.90. The molecule has 2 aromatic carbocycles. The van der Waals surface area contributed by atoms with Crippen molar-refractivity contribution in [2.75, 3.05) is 0 Å². The summed E-state index contributed by atoms with van der Waals surface area (Å²) in [5, 5.41) is 0. The van der Waals surface area contributed by atoms with Crippen LogP contribution in [0.15, 0.2) is 48.5 Å². The third-order valence-electron chi connectivity index (χ3n) is 4.03. The molecule has 0 fully saturated rings. The number of benzene rings is 2. The molecule has 2 rings (SSSR count). The van der Waals surface area contributed by atoms with Gasteiger partial charge in [-0.15, -0.1) is 0 Å². The molecule has 0 unspecified atom stereocenters. The lowest BCUT2D eigenvalue weighted by Gasteiger charge is -2.26. The molecule has 0 N–H and O–H groups in total. The molecule has 0 aliphatic rings. The average molecular weight is 360 g/mol. The Bertz CT molecular complexity index is 864. The monoisotopic (exact) mass is 360 g/mol. The molecule has 4 nitrogen and oxygen atoms in total. The summed E-state index contributed by atoms with van der Waals surface area (Å²) in [6.45, 7) is 7.33. The van der Waals surface area contributed by atoms with Crippen LogP contribution in [0.4, 0.5) is 0 Å². The average Bonchev–Trinajstić information content (AvgIpc) is 2.63. The Balaban J connectivity index is 2.16. The summed E-state index contributed by atoms with van der Waals surface area (Å²) < 4.78 is 10.3. The fourth-order valence-electron chi connectivity index (χ4n) is 2.52. The van der Waals surface area contributed by atoms with Crippen molar-refractivity contribution in [1.29, 1.82) is 0 Å². The largest absolute Gasteiger partial charge is 0.417 e. The Hall–Kier alpha value is -3.50. The van der Waals surface area contributed by atoms with E-state index in [1.165, 1.54) is 0 Å². The molecule has 0 atom stereocenters. The van der Waals surface area contributed by atoms with E-state index in [-0.39, 0.29) is 5.41 Å². The van der Waals surface area contributed by atoms with Crippen LogP contribution < -0.4 is 9.47 Å². The van der Waals surface area contributed by atoms with Crippen molar-refractivity contribution in [2.45, 2.75) is 33.1 Å². The minimum absolute atomic E-state index is 0.294. The molecule has 0 spiro atoms. The second-order valence-corrected chi connectivity index (χ2v) is 6.20. The van der Waals surface area contributed by atoms with Crippen molar-refractivity contribution in [3.8, 4) is 35.2 Å². The highest BCUT2D eigenvalue weighted by Gasteiger charge is 2.23. The van der Waals surface area contributed by atoms with E-state index in [1.54, 1.807) is 38.1 Å².